The number of benzene rings is 1. The van der Waals surface area contributed by atoms with Crippen LogP contribution in [-0.2, 0) is 6.54 Å². The van der Waals surface area contributed by atoms with Crippen molar-refractivity contribution in [3.63, 3.8) is 0 Å². The predicted molar refractivity (Wildman–Crippen MR) is 63.6 cm³/mol. The molecule has 0 aliphatic heterocycles. The van der Waals surface area contributed by atoms with Gasteiger partial charge in [-0.2, -0.15) is 5.10 Å². The molecule has 2 rings (SSSR count). The third kappa shape index (κ3) is 2.61. The molecule has 0 saturated carbocycles. The van der Waals surface area contributed by atoms with Crippen molar-refractivity contribution in [1.82, 2.24) is 10.2 Å². The first-order valence-corrected chi connectivity index (χ1v) is 5.16. The molecule has 0 saturated heterocycles. The van der Waals surface area contributed by atoms with Gasteiger partial charge < -0.3 is 5.32 Å². The van der Waals surface area contributed by atoms with Crippen LogP contribution < -0.4 is 10.9 Å². The molecule has 5 heteroatoms. The number of hydrogen-bond donors (Lipinski definition) is 2. The highest BCUT2D eigenvalue weighted by Gasteiger charge is 2.01. The highest BCUT2D eigenvalue weighted by Crippen LogP contribution is 2.15. The summed E-state index contributed by atoms with van der Waals surface area (Å²) in [6, 6.07) is 11.2. The molecule has 16 heavy (non-hydrogen) atoms. The Hall–Kier alpha value is -1.81. The van der Waals surface area contributed by atoms with Crippen molar-refractivity contribution in [2.45, 2.75) is 6.54 Å². The van der Waals surface area contributed by atoms with E-state index in [0.29, 0.717) is 12.2 Å². The fourth-order valence-electron chi connectivity index (χ4n) is 1.30. The molecule has 0 fully saturated rings. The molecule has 82 valence electrons. The van der Waals surface area contributed by atoms with Crippen LogP contribution in [0.15, 0.2) is 41.2 Å². The summed E-state index contributed by atoms with van der Waals surface area (Å²) < 4.78 is 0. The maximum Gasteiger partial charge on any atom is 0.266 e. The van der Waals surface area contributed by atoms with E-state index in [2.05, 4.69) is 15.5 Å². The van der Waals surface area contributed by atoms with Gasteiger partial charge in [0.1, 0.15) is 0 Å². The third-order valence-electron chi connectivity index (χ3n) is 2.09. The van der Waals surface area contributed by atoms with Gasteiger partial charge in [0.2, 0.25) is 0 Å². The van der Waals surface area contributed by atoms with Crippen LogP contribution in [0.3, 0.4) is 0 Å². The maximum atomic E-state index is 11.0. The van der Waals surface area contributed by atoms with Crippen molar-refractivity contribution in [2.75, 3.05) is 5.32 Å². The minimum absolute atomic E-state index is 0.260. The second-order valence-corrected chi connectivity index (χ2v) is 3.63. The van der Waals surface area contributed by atoms with Crippen molar-refractivity contribution >= 4 is 17.3 Å². The Bertz CT molecular complexity index is 524. The van der Waals surface area contributed by atoms with E-state index in [0.717, 1.165) is 5.56 Å². The van der Waals surface area contributed by atoms with E-state index in [4.69, 9.17) is 11.6 Å². The van der Waals surface area contributed by atoms with Gasteiger partial charge in [0.15, 0.2) is 5.15 Å². The molecule has 0 atom stereocenters. The van der Waals surface area contributed by atoms with Gasteiger partial charge in [0.05, 0.1) is 5.69 Å². The van der Waals surface area contributed by atoms with Crippen LogP contribution in [0.2, 0.25) is 5.15 Å². The fraction of sp³-hybridized carbons (Fsp3) is 0.0909. The lowest BCUT2D eigenvalue weighted by Crippen LogP contribution is -2.10. The molecule has 2 N–H and O–H groups in total. The number of aromatic nitrogens is 2. The number of anilines is 1. The zero-order valence-electron chi connectivity index (χ0n) is 8.40. The first-order valence-electron chi connectivity index (χ1n) is 4.79. The summed E-state index contributed by atoms with van der Waals surface area (Å²) in [7, 11) is 0. The van der Waals surface area contributed by atoms with E-state index in [1.165, 1.54) is 6.07 Å². The van der Waals surface area contributed by atoms with Gasteiger partial charge >= 0.3 is 0 Å². The van der Waals surface area contributed by atoms with Gasteiger partial charge in [-0.25, -0.2) is 5.10 Å². The van der Waals surface area contributed by atoms with Gasteiger partial charge in [-0.1, -0.05) is 41.9 Å². The van der Waals surface area contributed by atoms with Gasteiger partial charge in [-0.3, -0.25) is 4.79 Å². The number of nitrogens with one attached hydrogen (secondary N) is 2. The Kier molecular flexibility index (Phi) is 3.22. The fourth-order valence-corrected chi connectivity index (χ4v) is 1.47. The maximum absolute atomic E-state index is 11.0. The summed E-state index contributed by atoms with van der Waals surface area (Å²) in [4.78, 5) is 11.0. The SMILES string of the molecule is O=c1cc(NCc2ccccc2)c(Cl)n[nH]1. The standard InChI is InChI=1S/C11H10ClN3O/c12-11-9(6-10(16)14-15-11)13-7-8-4-2-1-3-5-8/h1-6H,7H2,(H2,13,14,16). The number of hydrogen-bond acceptors (Lipinski definition) is 3. The van der Waals surface area contributed by atoms with E-state index in [9.17, 15) is 4.79 Å². The number of nitrogens with zero attached hydrogens (tertiary/aromatic N) is 1. The normalized spacial score (nSPS) is 10.1. The highest BCUT2D eigenvalue weighted by atomic mass is 35.5. The van der Waals surface area contributed by atoms with Crippen LogP contribution in [0.5, 0.6) is 0 Å². The van der Waals surface area contributed by atoms with Crippen molar-refractivity contribution in [1.29, 1.82) is 0 Å². The summed E-state index contributed by atoms with van der Waals surface area (Å²) in [5.41, 5.74) is 1.37. The molecular formula is C11H10ClN3O. The minimum Gasteiger partial charge on any atom is -0.378 e. The number of rotatable bonds is 3. The molecule has 0 aliphatic carbocycles. The van der Waals surface area contributed by atoms with E-state index >= 15 is 0 Å². The molecule has 1 heterocycles. The second-order valence-electron chi connectivity index (χ2n) is 3.28. The summed E-state index contributed by atoms with van der Waals surface area (Å²) in [6.45, 7) is 0.603. The lowest BCUT2D eigenvalue weighted by molar-refractivity contribution is 0.982. The molecule has 1 aromatic heterocycles. The van der Waals surface area contributed by atoms with E-state index in [1.807, 2.05) is 30.3 Å². The molecular weight excluding hydrogens is 226 g/mol. The van der Waals surface area contributed by atoms with E-state index in [-0.39, 0.29) is 10.7 Å². The van der Waals surface area contributed by atoms with Crippen molar-refractivity contribution < 1.29 is 0 Å². The summed E-state index contributed by atoms with van der Waals surface area (Å²) in [6.07, 6.45) is 0. The minimum atomic E-state index is -0.278. The lowest BCUT2D eigenvalue weighted by Gasteiger charge is -2.06. The molecule has 4 nitrogen and oxygen atoms in total. The molecule has 2 aromatic rings. The van der Waals surface area contributed by atoms with Crippen LogP contribution in [-0.4, -0.2) is 10.2 Å². The Morgan fingerprint density at radius 3 is 2.81 bits per heavy atom. The third-order valence-corrected chi connectivity index (χ3v) is 2.38. The van der Waals surface area contributed by atoms with Crippen LogP contribution in [0.1, 0.15) is 5.56 Å². The van der Waals surface area contributed by atoms with E-state index in [1.54, 1.807) is 0 Å². The number of halogens is 1. The van der Waals surface area contributed by atoms with Gasteiger partial charge in [-0.15, -0.1) is 0 Å². The monoisotopic (exact) mass is 235 g/mol. The Labute approximate surface area is 97.3 Å². The lowest BCUT2D eigenvalue weighted by atomic mass is 10.2. The van der Waals surface area contributed by atoms with Crippen LogP contribution in [0.25, 0.3) is 0 Å². The van der Waals surface area contributed by atoms with Crippen LogP contribution in [0, 0.1) is 0 Å². The second kappa shape index (κ2) is 4.81. The van der Waals surface area contributed by atoms with Crippen molar-refractivity contribution in [2.24, 2.45) is 0 Å². The molecule has 0 aliphatic rings. The number of aromatic amines is 1. The summed E-state index contributed by atoms with van der Waals surface area (Å²) in [5.74, 6) is 0. The largest absolute Gasteiger partial charge is 0.378 e. The average Bonchev–Trinajstić information content (AvgIpc) is 2.32. The predicted octanol–water partition coefficient (Wildman–Crippen LogP) is 2.04. The molecule has 0 spiro atoms. The average molecular weight is 236 g/mol. The smallest absolute Gasteiger partial charge is 0.266 e. The van der Waals surface area contributed by atoms with Crippen LogP contribution in [0.4, 0.5) is 5.69 Å². The zero-order chi connectivity index (χ0) is 11.4. The summed E-state index contributed by atoms with van der Waals surface area (Å²) >= 11 is 5.82. The van der Waals surface area contributed by atoms with Gasteiger partial charge in [0.25, 0.3) is 5.56 Å². The first kappa shape index (κ1) is 10.7. The summed E-state index contributed by atoms with van der Waals surface area (Å²) in [5, 5.41) is 9.23. The first-order chi connectivity index (χ1) is 7.75. The topological polar surface area (TPSA) is 57.8 Å². The Morgan fingerprint density at radius 2 is 2.06 bits per heavy atom. The molecule has 0 bridgehead atoms. The Morgan fingerprint density at radius 1 is 1.31 bits per heavy atom. The van der Waals surface area contributed by atoms with E-state index < -0.39 is 0 Å². The van der Waals surface area contributed by atoms with Crippen LogP contribution >= 0.6 is 11.6 Å². The highest BCUT2D eigenvalue weighted by molar-refractivity contribution is 6.31. The molecule has 0 unspecified atom stereocenters. The zero-order valence-corrected chi connectivity index (χ0v) is 9.16. The molecule has 0 amide bonds. The van der Waals surface area contributed by atoms with Gasteiger partial charge in [-0.05, 0) is 5.56 Å². The van der Waals surface area contributed by atoms with Gasteiger partial charge in [0, 0.05) is 12.6 Å². The molecule has 0 radical (unpaired) electrons. The Balaban J connectivity index is 2.10. The van der Waals surface area contributed by atoms with Crippen molar-refractivity contribution in [3.05, 3.63) is 57.5 Å². The quantitative estimate of drug-likeness (QED) is 0.856. The molecule has 1 aromatic carbocycles. The van der Waals surface area contributed by atoms with Crippen molar-refractivity contribution in [3.8, 4) is 0 Å². The number of H-pyrrole nitrogens is 1.